The quantitative estimate of drug-likeness (QED) is 0.588. The van der Waals surface area contributed by atoms with E-state index in [2.05, 4.69) is 5.92 Å². The highest BCUT2D eigenvalue weighted by molar-refractivity contribution is 5.76. The lowest BCUT2D eigenvalue weighted by molar-refractivity contribution is -0.138. The highest BCUT2D eigenvalue weighted by Gasteiger charge is 2.23. The second-order valence-corrected chi connectivity index (χ2v) is 4.60. The Balaban J connectivity index is 4.40. The summed E-state index contributed by atoms with van der Waals surface area (Å²) in [6.07, 6.45) is 5.52. The Morgan fingerprint density at radius 2 is 2.00 bits per heavy atom. The van der Waals surface area contributed by atoms with Gasteiger partial charge in [-0.25, -0.2) is 4.79 Å². The summed E-state index contributed by atoms with van der Waals surface area (Å²) in [4.78, 5) is 23.4. The second-order valence-electron chi connectivity index (χ2n) is 4.60. The van der Waals surface area contributed by atoms with Crippen molar-refractivity contribution in [3.05, 3.63) is 0 Å². The van der Waals surface area contributed by atoms with Gasteiger partial charge >= 0.3 is 12.1 Å². The number of amides is 1. The van der Waals surface area contributed by atoms with Gasteiger partial charge in [0.25, 0.3) is 0 Å². The lowest BCUT2D eigenvalue weighted by atomic mass is 10.2. The number of rotatable bonds is 5. The third-order valence-corrected chi connectivity index (χ3v) is 1.73. The lowest BCUT2D eigenvalue weighted by Crippen LogP contribution is -2.40. The van der Waals surface area contributed by atoms with Gasteiger partial charge in [-0.2, -0.15) is 0 Å². The molecule has 5 nitrogen and oxygen atoms in total. The summed E-state index contributed by atoms with van der Waals surface area (Å²) >= 11 is 0. The van der Waals surface area contributed by atoms with Gasteiger partial charge in [-0.1, -0.05) is 0 Å². The Bertz CT molecular complexity index is 311. The fourth-order valence-electron chi connectivity index (χ4n) is 1.10. The van der Waals surface area contributed by atoms with Crippen molar-refractivity contribution < 1.29 is 19.4 Å². The summed E-state index contributed by atoms with van der Waals surface area (Å²) in [6, 6.07) is 0. The van der Waals surface area contributed by atoms with Crippen LogP contribution in [0.25, 0.3) is 0 Å². The molecule has 1 N–H and O–H groups in total. The number of aliphatic carboxylic acids is 1. The Morgan fingerprint density at radius 1 is 1.41 bits per heavy atom. The van der Waals surface area contributed by atoms with Crippen LogP contribution in [0.2, 0.25) is 0 Å². The van der Waals surface area contributed by atoms with Crippen LogP contribution in [0.1, 0.15) is 33.6 Å². The molecule has 0 rings (SSSR count). The second kappa shape index (κ2) is 6.79. The van der Waals surface area contributed by atoms with Crippen molar-refractivity contribution in [3.63, 3.8) is 0 Å². The number of carboxylic acids is 1. The zero-order valence-electron chi connectivity index (χ0n) is 10.5. The molecule has 0 bridgehead atoms. The molecular weight excluding hydrogens is 222 g/mol. The molecule has 0 unspecified atom stereocenters. The minimum absolute atomic E-state index is 0.283. The molecular formula is C12H19NO4. The molecule has 0 saturated carbocycles. The van der Waals surface area contributed by atoms with Gasteiger partial charge in [-0.15, -0.1) is 12.3 Å². The van der Waals surface area contributed by atoms with Crippen molar-refractivity contribution in [1.29, 1.82) is 0 Å². The molecule has 96 valence electrons. The summed E-state index contributed by atoms with van der Waals surface area (Å²) in [6.45, 7) is 5.09. The summed E-state index contributed by atoms with van der Waals surface area (Å²) in [5.41, 5.74) is -0.639. The Kier molecular flexibility index (Phi) is 6.11. The fourth-order valence-corrected chi connectivity index (χ4v) is 1.10. The molecule has 0 radical (unpaired) electrons. The average molecular weight is 241 g/mol. The monoisotopic (exact) mass is 241 g/mol. The summed E-state index contributed by atoms with van der Waals surface area (Å²) < 4.78 is 5.10. The Hall–Kier alpha value is -1.70. The van der Waals surface area contributed by atoms with Crippen LogP contribution in [-0.2, 0) is 9.53 Å². The maximum absolute atomic E-state index is 11.7. The molecule has 1 amide bonds. The molecule has 5 heteroatoms. The normalized spacial score (nSPS) is 10.5. The number of hydrogen-bond donors (Lipinski definition) is 1. The third-order valence-electron chi connectivity index (χ3n) is 1.73. The van der Waals surface area contributed by atoms with Crippen LogP contribution < -0.4 is 0 Å². The molecule has 0 aromatic rings. The molecule has 0 aliphatic carbocycles. The van der Waals surface area contributed by atoms with E-state index in [9.17, 15) is 9.59 Å². The number of ether oxygens (including phenoxy) is 1. The predicted octanol–water partition coefficient (Wildman–Crippen LogP) is 1.72. The van der Waals surface area contributed by atoms with Crippen molar-refractivity contribution in [2.75, 3.05) is 13.1 Å². The van der Waals surface area contributed by atoms with E-state index in [0.717, 1.165) is 4.90 Å². The van der Waals surface area contributed by atoms with E-state index in [4.69, 9.17) is 16.3 Å². The molecule has 0 aromatic carbocycles. The van der Waals surface area contributed by atoms with E-state index < -0.39 is 17.7 Å². The molecule has 0 aliphatic heterocycles. The van der Waals surface area contributed by atoms with Gasteiger partial charge in [0.2, 0.25) is 0 Å². The molecule has 17 heavy (non-hydrogen) atoms. The van der Waals surface area contributed by atoms with Gasteiger partial charge in [0.15, 0.2) is 0 Å². The van der Waals surface area contributed by atoms with Crippen LogP contribution in [0.3, 0.4) is 0 Å². The van der Waals surface area contributed by atoms with Crippen LogP contribution in [0.15, 0.2) is 0 Å². The summed E-state index contributed by atoms with van der Waals surface area (Å²) in [7, 11) is 0. The van der Waals surface area contributed by atoms with Gasteiger partial charge in [0, 0.05) is 13.0 Å². The van der Waals surface area contributed by atoms with Gasteiger partial charge in [0.05, 0.1) is 0 Å². The van der Waals surface area contributed by atoms with Gasteiger partial charge < -0.3 is 9.84 Å². The third kappa shape index (κ3) is 8.14. The van der Waals surface area contributed by atoms with Gasteiger partial charge in [-0.3, -0.25) is 9.69 Å². The largest absolute Gasteiger partial charge is 0.480 e. The highest BCUT2D eigenvalue weighted by atomic mass is 16.6. The van der Waals surface area contributed by atoms with Crippen molar-refractivity contribution in [1.82, 2.24) is 4.90 Å². The number of carbonyl (C=O) groups is 2. The average Bonchev–Trinajstić information content (AvgIpc) is 2.13. The van der Waals surface area contributed by atoms with Crippen LogP contribution >= 0.6 is 0 Å². The van der Waals surface area contributed by atoms with Crippen molar-refractivity contribution in [2.24, 2.45) is 0 Å². The van der Waals surface area contributed by atoms with Crippen LogP contribution in [0.5, 0.6) is 0 Å². The van der Waals surface area contributed by atoms with Gasteiger partial charge in [0.1, 0.15) is 12.1 Å². The molecule has 0 aliphatic rings. The van der Waals surface area contributed by atoms with E-state index in [0.29, 0.717) is 12.8 Å². The first-order valence-corrected chi connectivity index (χ1v) is 5.39. The Morgan fingerprint density at radius 3 is 2.41 bits per heavy atom. The first-order valence-electron chi connectivity index (χ1n) is 5.39. The van der Waals surface area contributed by atoms with E-state index in [1.165, 1.54) is 0 Å². The highest BCUT2D eigenvalue weighted by Crippen LogP contribution is 2.10. The minimum atomic E-state index is -1.07. The summed E-state index contributed by atoms with van der Waals surface area (Å²) in [5.74, 6) is 1.36. The summed E-state index contributed by atoms with van der Waals surface area (Å²) in [5, 5.41) is 8.70. The smallest absolute Gasteiger partial charge is 0.410 e. The number of carbonyl (C=O) groups excluding carboxylic acids is 1. The van der Waals surface area contributed by atoms with E-state index in [1.54, 1.807) is 20.8 Å². The SMILES string of the molecule is C#CCCCN(CC(=O)O)C(=O)OC(C)(C)C. The standard InChI is InChI=1S/C12H19NO4/c1-5-6-7-8-13(9-10(14)15)11(16)17-12(2,3)4/h1H,6-9H2,2-4H3,(H,14,15). The number of nitrogens with zero attached hydrogens (tertiary/aromatic N) is 1. The number of hydrogen-bond acceptors (Lipinski definition) is 3. The predicted molar refractivity (Wildman–Crippen MR) is 63.5 cm³/mol. The van der Waals surface area contributed by atoms with E-state index in [1.807, 2.05) is 0 Å². The molecule has 0 atom stereocenters. The van der Waals surface area contributed by atoms with Gasteiger partial charge in [-0.05, 0) is 27.2 Å². The maximum atomic E-state index is 11.7. The first-order chi connectivity index (χ1) is 7.76. The molecule has 0 heterocycles. The van der Waals surface area contributed by atoms with E-state index >= 15 is 0 Å². The van der Waals surface area contributed by atoms with Crippen molar-refractivity contribution >= 4 is 12.1 Å². The van der Waals surface area contributed by atoms with E-state index in [-0.39, 0.29) is 13.1 Å². The molecule has 0 saturated heterocycles. The van der Waals surface area contributed by atoms with Crippen molar-refractivity contribution in [3.8, 4) is 12.3 Å². The molecule has 0 aromatic heterocycles. The number of terminal acetylenes is 1. The molecule has 0 fully saturated rings. The zero-order chi connectivity index (χ0) is 13.5. The zero-order valence-corrected chi connectivity index (χ0v) is 10.5. The van der Waals surface area contributed by atoms with Crippen molar-refractivity contribution in [2.45, 2.75) is 39.2 Å². The van der Waals surface area contributed by atoms with Crippen LogP contribution in [-0.4, -0.2) is 40.8 Å². The number of unbranched alkanes of at least 4 members (excludes halogenated alkanes) is 1. The minimum Gasteiger partial charge on any atom is -0.480 e. The van der Waals surface area contributed by atoms with Crippen LogP contribution in [0.4, 0.5) is 4.79 Å². The molecule has 0 spiro atoms. The maximum Gasteiger partial charge on any atom is 0.410 e. The fraction of sp³-hybridized carbons (Fsp3) is 0.667. The first kappa shape index (κ1) is 15.3. The number of carboxylic acid groups (broad SMARTS) is 1. The van der Waals surface area contributed by atoms with Crippen LogP contribution in [0, 0.1) is 12.3 Å². The Labute approximate surface area is 102 Å². The lowest BCUT2D eigenvalue weighted by Gasteiger charge is -2.26. The topological polar surface area (TPSA) is 66.8 Å².